The number of nitrogens with one attached hydrogen (secondary N) is 1. The molecule has 1 saturated carbocycles. The van der Waals surface area contributed by atoms with Crippen LogP contribution >= 0.6 is 0 Å². The van der Waals surface area contributed by atoms with E-state index in [4.69, 9.17) is 0 Å². The Morgan fingerprint density at radius 2 is 1.63 bits per heavy atom. The van der Waals surface area contributed by atoms with Crippen LogP contribution in [0.3, 0.4) is 0 Å². The Morgan fingerprint density at radius 3 is 2.26 bits per heavy atom. The van der Waals surface area contributed by atoms with Gasteiger partial charge < -0.3 is 5.32 Å². The van der Waals surface area contributed by atoms with Crippen LogP contribution in [0.25, 0.3) is 11.1 Å². The zero-order chi connectivity index (χ0) is 13.4. The number of rotatable bonds is 3. The van der Waals surface area contributed by atoms with Crippen LogP contribution in [0.4, 0.5) is 5.69 Å². The van der Waals surface area contributed by atoms with Gasteiger partial charge in [0.15, 0.2) is 0 Å². The van der Waals surface area contributed by atoms with Gasteiger partial charge in [0.1, 0.15) is 0 Å². The maximum Gasteiger partial charge on any atom is 0.250 e. The predicted octanol–water partition coefficient (Wildman–Crippen LogP) is 2.61. The fraction of sp³-hybridized carbons (Fsp3) is 0.375. The predicted molar refractivity (Wildman–Crippen MR) is 77.4 cm³/mol. The average Bonchev–Trinajstić information content (AvgIpc) is 2.93. The molecule has 0 unspecified atom stereocenters. The van der Waals surface area contributed by atoms with Crippen LogP contribution in [-0.2, 0) is 0 Å². The van der Waals surface area contributed by atoms with Crippen molar-refractivity contribution in [3.63, 3.8) is 0 Å². The van der Waals surface area contributed by atoms with Crippen molar-refractivity contribution in [1.29, 1.82) is 0 Å². The van der Waals surface area contributed by atoms with Gasteiger partial charge in [-0.2, -0.15) is 0 Å². The van der Waals surface area contributed by atoms with E-state index in [0.29, 0.717) is 17.3 Å². The summed E-state index contributed by atoms with van der Waals surface area (Å²) in [5, 5.41) is 3.27. The molecule has 19 heavy (non-hydrogen) atoms. The lowest BCUT2D eigenvalue weighted by molar-refractivity contribution is 0.753. The van der Waals surface area contributed by atoms with Gasteiger partial charge in [0.05, 0.1) is 11.3 Å². The first-order valence-corrected chi connectivity index (χ1v) is 6.83. The van der Waals surface area contributed by atoms with Crippen molar-refractivity contribution < 1.29 is 0 Å². The molecule has 0 bridgehead atoms. The number of hydrogen-bond donors (Lipinski definition) is 1. The first kappa shape index (κ1) is 12.2. The molecule has 0 atom stereocenters. The molecule has 0 aliphatic heterocycles. The molecular weight excluding hydrogens is 238 g/mol. The molecule has 0 amide bonds. The Balaban J connectivity index is 1.93. The van der Waals surface area contributed by atoms with E-state index in [-0.39, 0.29) is 10.9 Å². The molecule has 3 heteroatoms. The molecule has 1 N–H and O–H groups in total. The minimum Gasteiger partial charge on any atom is -0.378 e. The third kappa shape index (κ3) is 2.09. The fourth-order valence-corrected chi connectivity index (χ4v) is 2.80. The van der Waals surface area contributed by atoms with E-state index in [1.165, 1.54) is 12.8 Å². The summed E-state index contributed by atoms with van der Waals surface area (Å²) in [6.45, 7) is 2.00. The number of benzene rings is 1. The van der Waals surface area contributed by atoms with Gasteiger partial charge in [0.2, 0.25) is 10.9 Å². The van der Waals surface area contributed by atoms with E-state index in [1.807, 2.05) is 31.2 Å². The SMILES string of the molecule is Cc1ccc(-c2c(NC3CCCC3)c(=O)c2=O)cc1. The molecule has 98 valence electrons. The summed E-state index contributed by atoms with van der Waals surface area (Å²) in [6, 6.07) is 8.10. The lowest BCUT2D eigenvalue weighted by Gasteiger charge is -2.18. The normalized spacial score (nSPS) is 16.1. The van der Waals surface area contributed by atoms with Crippen LogP contribution in [0, 0.1) is 6.92 Å². The van der Waals surface area contributed by atoms with Crippen molar-refractivity contribution >= 4 is 5.69 Å². The van der Waals surface area contributed by atoms with Crippen molar-refractivity contribution in [2.45, 2.75) is 38.6 Å². The largest absolute Gasteiger partial charge is 0.378 e. The molecule has 2 aromatic carbocycles. The highest BCUT2D eigenvalue weighted by Crippen LogP contribution is 2.27. The van der Waals surface area contributed by atoms with Gasteiger partial charge in [-0.05, 0) is 25.3 Å². The van der Waals surface area contributed by atoms with Crippen LogP contribution in [0.15, 0.2) is 33.9 Å². The van der Waals surface area contributed by atoms with Crippen molar-refractivity contribution in [3.8, 4) is 11.1 Å². The maximum atomic E-state index is 11.8. The van der Waals surface area contributed by atoms with Crippen molar-refractivity contribution in [2.75, 3.05) is 5.32 Å². The lowest BCUT2D eigenvalue weighted by atomic mass is 9.97. The monoisotopic (exact) mass is 255 g/mol. The van der Waals surface area contributed by atoms with Crippen molar-refractivity contribution in [3.05, 3.63) is 50.3 Å². The zero-order valence-electron chi connectivity index (χ0n) is 11.0. The van der Waals surface area contributed by atoms with E-state index in [9.17, 15) is 9.59 Å². The summed E-state index contributed by atoms with van der Waals surface area (Å²) in [5.74, 6) is 0. The van der Waals surface area contributed by atoms with E-state index >= 15 is 0 Å². The molecule has 1 aliphatic rings. The van der Waals surface area contributed by atoms with Gasteiger partial charge in [-0.1, -0.05) is 42.7 Å². The van der Waals surface area contributed by atoms with Crippen LogP contribution in [0.1, 0.15) is 31.2 Å². The van der Waals surface area contributed by atoms with Gasteiger partial charge in [0.25, 0.3) is 0 Å². The average molecular weight is 255 g/mol. The number of hydrogen-bond acceptors (Lipinski definition) is 3. The second-order valence-corrected chi connectivity index (χ2v) is 5.40. The summed E-state index contributed by atoms with van der Waals surface area (Å²) in [4.78, 5) is 23.5. The Labute approximate surface area is 112 Å². The van der Waals surface area contributed by atoms with Crippen LogP contribution in [-0.4, -0.2) is 6.04 Å². The molecule has 0 aromatic heterocycles. The summed E-state index contributed by atoms with van der Waals surface area (Å²) in [5.41, 5.74) is 2.37. The van der Waals surface area contributed by atoms with Crippen molar-refractivity contribution in [2.24, 2.45) is 0 Å². The summed E-state index contributed by atoms with van der Waals surface area (Å²) < 4.78 is 0. The van der Waals surface area contributed by atoms with E-state index < -0.39 is 0 Å². The summed E-state index contributed by atoms with van der Waals surface area (Å²) in [7, 11) is 0. The second-order valence-electron chi connectivity index (χ2n) is 5.40. The standard InChI is InChI=1S/C16H17NO2/c1-10-6-8-11(9-7-10)13-14(16(19)15(13)18)17-12-4-2-3-5-12/h6-9,12,17H,2-5H2,1H3. The molecule has 3 nitrogen and oxygen atoms in total. The minimum absolute atomic E-state index is 0.354. The van der Waals surface area contributed by atoms with Gasteiger partial charge in [-0.15, -0.1) is 0 Å². The maximum absolute atomic E-state index is 11.8. The quantitative estimate of drug-likeness (QED) is 0.857. The number of aryl methyl sites for hydroxylation is 1. The molecule has 1 aliphatic carbocycles. The Hall–Kier alpha value is -1.90. The number of anilines is 1. The third-order valence-electron chi connectivity index (χ3n) is 3.95. The van der Waals surface area contributed by atoms with E-state index in [2.05, 4.69) is 5.32 Å². The van der Waals surface area contributed by atoms with Gasteiger partial charge in [-0.25, -0.2) is 0 Å². The molecule has 0 heterocycles. The summed E-state index contributed by atoms with van der Waals surface area (Å²) in [6.07, 6.45) is 4.58. The first-order chi connectivity index (χ1) is 9.16. The molecule has 3 rings (SSSR count). The summed E-state index contributed by atoms with van der Waals surface area (Å²) >= 11 is 0. The minimum atomic E-state index is -0.359. The van der Waals surface area contributed by atoms with Crippen molar-refractivity contribution in [1.82, 2.24) is 0 Å². The van der Waals surface area contributed by atoms with E-state index in [0.717, 1.165) is 24.0 Å². The van der Waals surface area contributed by atoms with Crippen LogP contribution < -0.4 is 16.2 Å². The zero-order valence-corrected chi connectivity index (χ0v) is 11.0. The highest BCUT2D eigenvalue weighted by atomic mass is 16.2. The topological polar surface area (TPSA) is 46.2 Å². The lowest BCUT2D eigenvalue weighted by Crippen LogP contribution is -2.38. The van der Waals surface area contributed by atoms with Gasteiger partial charge >= 0.3 is 0 Å². The Bertz CT molecular complexity index is 657. The van der Waals surface area contributed by atoms with Crippen LogP contribution in [0.2, 0.25) is 0 Å². The first-order valence-electron chi connectivity index (χ1n) is 6.83. The van der Waals surface area contributed by atoms with Crippen LogP contribution in [0.5, 0.6) is 0 Å². The highest BCUT2D eigenvalue weighted by molar-refractivity contribution is 5.82. The smallest absolute Gasteiger partial charge is 0.250 e. The Kier molecular flexibility index (Phi) is 2.97. The van der Waals surface area contributed by atoms with E-state index in [1.54, 1.807) is 0 Å². The Morgan fingerprint density at radius 1 is 1.00 bits per heavy atom. The third-order valence-corrected chi connectivity index (χ3v) is 3.95. The molecule has 2 aromatic rings. The molecule has 0 saturated heterocycles. The second kappa shape index (κ2) is 4.65. The van der Waals surface area contributed by atoms with Gasteiger partial charge in [-0.3, -0.25) is 9.59 Å². The van der Waals surface area contributed by atoms with Gasteiger partial charge in [0, 0.05) is 6.04 Å². The molecule has 0 radical (unpaired) electrons. The molecular formula is C16H17NO2. The highest BCUT2D eigenvalue weighted by Gasteiger charge is 2.25. The fourth-order valence-electron chi connectivity index (χ4n) is 2.80. The molecule has 0 spiro atoms. The molecule has 1 fully saturated rings.